The summed E-state index contributed by atoms with van der Waals surface area (Å²) in [6, 6.07) is -0.493. The second-order valence-electron chi connectivity index (χ2n) is 2.68. The number of amides is 1. The minimum atomic E-state index is -1.27. The van der Waals surface area contributed by atoms with E-state index in [0.717, 1.165) is 0 Å². The van der Waals surface area contributed by atoms with Gasteiger partial charge in [-0.05, 0) is 12.1 Å². The SMILES string of the molecule is CC(=O)NC(C)c1nc(C(=O)O)no1. The first kappa shape index (κ1) is 10.2. The van der Waals surface area contributed by atoms with Crippen LogP contribution in [0.1, 0.15) is 36.4 Å². The van der Waals surface area contributed by atoms with Crippen molar-refractivity contribution in [2.75, 3.05) is 0 Å². The number of rotatable bonds is 3. The molecule has 7 heteroatoms. The Labute approximate surface area is 79.1 Å². The molecule has 0 aliphatic heterocycles. The Morgan fingerprint density at radius 2 is 2.21 bits per heavy atom. The number of nitrogens with zero attached hydrogens (tertiary/aromatic N) is 2. The van der Waals surface area contributed by atoms with Crippen LogP contribution in [0.3, 0.4) is 0 Å². The van der Waals surface area contributed by atoms with Crippen LogP contribution in [0.5, 0.6) is 0 Å². The van der Waals surface area contributed by atoms with E-state index in [0.29, 0.717) is 0 Å². The Morgan fingerprint density at radius 3 is 2.64 bits per heavy atom. The molecule has 14 heavy (non-hydrogen) atoms. The topological polar surface area (TPSA) is 105 Å². The molecule has 0 radical (unpaired) electrons. The van der Waals surface area contributed by atoms with Gasteiger partial charge in [-0.1, -0.05) is 0 Å². The van der Waals surface area contributed by atoms with Gasteiger partial charge in [0.15, 0.2) is 0 Å². The normalized spacial score (nSPS) is 12.1. The van der Waals surface area contributed by atoms with E-state index in [-0.39, 0.29) is 11.8 Å². The molecule has 0 fully saturated rings. The average Bonchev–Trinajstić information content (AvgIpc) is 2.50. The molecule has 1 amide bonds. The molecule has 0 aliphatic rings. The number of hydrogen-bond acceptors (Lipinski definition) is 5. The van der Waals surface area contributed by atoms with E-state index in [2.05, 4.69) is 20.0 Å². The Hall–Kier alpha value is -1.92. The van der Waals surface area contributed by atoms with Crippen molar-refractivity contribution in [2.45, 2.75) is 19.9 Å². The summed E-state index contributed by atoms with van der Waals surface area (Å²) >= 11 is 0. The third-order valence-corrected chi connectivity index (χ3v) is 1.42. The molecule has 0 bridgehead atoms. The largest absolute Gasteiger partial charge is 0.475 e. The van der Waals surface area contributed by atoms with E-state index in [9.17, 15) is 9.59 Å². The molecule has 0 aromatic carbocycles. The number of carboxylic acids is 1. The van der Waals surface area contributed by atoms with Gasteiger partial charge >= 0.3 is 5.97 Å². The third kappa shape index (κ3) is 2.28. The van der Waals surface area contributed by atoms with E-state index < -0.39 is 17.8 Å². The molecule has 7 nitrogen and oxygen atoms in total. The Bertz CT molecular complexity index is 360. The molecule has 1 aromatic rings. The molecule has 76 valence electrons. The maximum absolute atomic E-state index is 10.7. The maximum atomic E-state index is 10.7. The van der Waals surface area contributed by atoms with Gasteiger partial charge in [0.1, 0.15) is 6.04 Å². The van der Waals surface area contributed by atoms with Gasteiger partial charge in [-0.25, -0.2) is 4.79 Å². The molecule has 1 rings (SSSR count). The van der Waals surface area contributed by atoms with Gasteiger partial charge in [0, 0.05) is 6.92 Å². The van der Waals surface area contributed by atoms with Crippen molar-refractivity contribution in [1.29, 1.82) is 0 Å². The molecule has 1 heterocycles. The smallest absolute Gasteiger partial charge is 0.377 e. The first-order chi connectivity index (χ1) is 6.50. The van der Waals surface area contributed by atoms with Crippen molar-refractivity contribution >= 4 is 11.9 Å². The van der Waals surface area contributed by atoms with E-state index in [1.165, 1.54) is 6.92 Å². The highest BCUT2D eigenvalue weighted by molar-refractivity contribution is 5.82. The minimum absolute atomic E-state index is 0.0672. The minimum Gasteiger partial charge on any atom is -0.475 e. The van der Waals surface area contributed by atoms with Gasteiger partial charge in [0.25, 0.3) is 5.82 Å². The molecule has 1 unspecified atom stereocenters. The number of nitrogens with one attached hydrogen (secondary N) is 1. The maximum Gasteiger partial charge on any atom is 0.377 e. The lowest BCUT2D eigenvalue weighted by Gasteiger charge is -2.05. The molecule has 2 N–H and O–H groups in total. The molecule has 1 atom stereocenters. The van der Waals surface area contributed by atoms with Crippen molar-refractivity contribution in [3.8, 4) is 0 Å². The van der Waals surface area contributed by atoms with Crippen LogP contribution in [0.4, 0.5) is 0 Å². The first-order valence-corrected chi connectivity index (χ1v) is 3.84. The fourth-order valence-corrected chi connectivity index (χ4v) is 0.865. The van der Waals surface area contributed by atoms with E-state index >= 15 is 0 Å². The second kappa shape index (κ2) is 3.86. The van der Waals surface area contributed by atoms with Gasteiger partial charge in [0.2, 0.25) is 11.8 Å². The van der Waals surface area contributed by atoms with E-state index in [1.807, 2.05) is 0 Å². The van der Waals surface area contributed by atoms with Crippen LogP contribution in [0.25, 0.3) is 0 Å². The van der Waals surface area contributed by atoms with Gasteiger partial charge in [-0.2, -0.15) is 4.98 Å². The summed E-state index contributed by atoms with van der Waals surface area (Å²) in [7, 11) is 0. The Kier molecular flexibility index (Phi) is 2.80. The van der Waals surface area contributed by atoms with Gasteiger partial charge in [-0.3, -0.25) is 4.79 Å². The van der Waals surface area contributed by atoms with Crippen molar-refractivity contribution < 1.29 is 19.2 Å². The zero-order valence-corrected chi connectivity index (χ0v) is 7.64. The van der Waals surface area contributed by atoms with Crippen LogP contribution < -0.4 is 5.32 Å². The zero-order chi connectivity index (χ0) is 10.7. The Balaban J connectivity index is 2.76. The van der Waals surface area contributed by atoms with Gasteiger partial charge in [-0.15, -0.1) is 0 Å². The molecule has 0 saturated carbocycles. The van der Waals surface area contributed by atoms with Crippen LogP contribution in [-0.2, 0) is 4.79 Å². The monoisotopic (exact) mass is 199 g/mol. The summed E-state index contributed by atoms with van der Waals surface area (Å²) < 4.78 is 4.63. The van der Waals surface area contributed by atoms with Crippen LogP contribution in [0.2, 0.25) is 0 Å². The summed E-state index contributed by atoms with van der Waals surface area (Å²) in [5, 5.41) is 14.2. The third-order valence-electron chi connectivity index (χ3n) is 1.42. The summed E-state index contributed by atoms with van der Waals surface area (Å²) in [4.78, 5) is 24.6. The lowest BCUT2D eigenvalue weighted by Crippen LogP contribution is -2.23. The predicted octanol–water partition coefficient (Wildman–Crippen LogP) is -0.0351. The quantitative estimate of drug-likeness (QED) is 0.707. The summed E-state index contributed by atoms with van der Waals surface area (Å²) in [6.07, 6.45) is 0. The van der Waals surface area contributed by atoms with Crippen LogP contribution in [-0.4, -0.2) is 27.1 Å². The van der Waals surface area contributed by atoms with Crippen LogP contribution in [0.15, 0.2) is 4.52 Å². The highest BCUT2D eigenvalue weighted by Crippen LogP contribution is 2.08. The van der Waals surface area contributed by atoms with Crippen LogP contribution in [0, 0.1) is 0 Å². The van der Waals surface area contributed by atoms with E-state index in [4.69, 9.17) is 5.11 Å². The number of hydrogen-bond donors (Lipinski definition) is 2. The number of carbonyl (C=O) groups excluding carboxylic acids is 1. The summed E-state index contributed by atoms with van der Waals surface area (Å²) in [5.41, 5.74) is 0. The van der Waals surface area contributed by atoms with Crippen molar-refractivity contribution in [3.05, 3.63) is 11.7 Å². The van der Waals surface area contributed by atoms with Gasteiger partial charge in [0.05, 0.1) is 0 Å². The lowest BCUT2D eigenvalue weighted by molar-refractivity contribution is -0.119. The number of carbonyl (C=O) groups is 2. The van der Waals surface area contributed by atoms with Crippen LogP contribution >= 0.6 is 0 Å². The second-order valence-corrected chi connectivity index (χ2v) is 2.68. The fraction of sp³-hybridized carbons (Fsp3) is 0.429. The van der Waals surface area contributed by atoms with Crippen molar-refractivity contribution in [1.82, 2.24) is 15.5 Å². The first-order valence-electron chi connectivity index (χ1n) is 3.84. The molecule has 0 aliphatic carbocycles. The number of aromatic nitrogens is 2. The summed E-state index contributed by atoms with van der Waals surface area (Å²) in [5.74, 6) is -1.88. The summed E-state index contributed by atoms with van der Waals surface area (Å²) in [6.45, 7) is 2.95. The number of carboxylic acid groups (broad SMARTS) is 1. The van der Waals surface area contributed by atoms with Crippen molar-refractivity contribution in [3.63, 3.8) is 0 Å². The highest BCUT2D eigenvalue weighted by atomic mass is 16.5. The number of aromatic carboxylic acids is 1. The van der Waals surface area contributed by atoms with Gasteiger partial charge < -0.3 is 14.9 Å². The fourth-order valence-electron chi connectivity index (χ4n) is 0.865. The molecule has 1 aromatic heterocycles. The zero-order valence-electron chi connectivity index (χ0n) is 7.64. The molecular weight excluding hydrogens is 190 g/mol. The molecule has 0 saturated heterocycles. The standard InChI is InChI=1S/C7H9N3O4/c1-3(8-4(2)11)6-9-5(7(12)13)10-14-6/h3H,1-2H3,(H,8,11)(H,12,13). The lowest BCUT2D eigenvalue weighted by atomic mass is 10.3. The van der Waals surface area contributed by atoms with Crippen molar-refractivity contribution in [2.24, 2.45) is 0 Å². The van der Waals surface area contributed by atoms with E-state index in [1.54, 1.807) is 6.92 Å². The Morgan fingerprint density at radius 1 is 1.57 bits per heavy atom. The molecular formula is C7H9N3O4. The molecule has 0 spiro atoms. The average molecular weight is 199 g/mol. The predicted molar refractivity (Wildman–Crippen MR) is 43.5 cm³/mol. The highest BCUT2D eigenvalue weighted by Gasteiger charge is 2.18.